The van der Waals surface area contributed by atoms with E-state index in [1.807, 2.05) is 43.3 Å². The van der Waals surface area contributed by atoms with Crippen molar-refractivity contribution < 1.29 is 24.1 Å². The summed E-state index contributed by atoms with van der Waals surface area (Å²) in [6.45, 7) is 7.24. The molecule has 3 aromatic carbocycles. The largest absolute Gasteiger partial charge is 0.494 e. The number of para-hydroxylation sites is 1. The highest BCUT2D eigenvalue weighted by Gasteiger charge is 2.53. The zero-order valence-electron chi connectivity index (χ0n) is 22.9. The number of halogens is 2. The highest BCUT2D eigenvalue weighted by Crippen LogP contribution is 2.45. The number of carbonyl (C=O) groups excluding carboxylic acids is 1. The maximum Gasteiger partial charge on any atom is 0.252 e. The van der Waals surface area contributed by atoms with E-state index in [0.29, 0.717) is 65.4 Å². The Labute approximate surface area is 250 Å². The lowest BCUT2D eigenvalue weighted by Crippen LogP contribution is -2.48. The molecule has 216 valence electrons. The number of nitrogens with zero attached hydrogens (tertiary/aromatic N) is 1. The lowest BCUT2D eigenvalue weighted by atomic mass is 9.84. The van der Waals surface area contributed by atoms with Crippen molar-refractivity contribution in [2.24, 2.45) is 4.99 Å². The smallest absolute Gasteiger partial charge is 0.252 e. The predicted molar refractivity (Wildman–Crippen MR) is 162 cm³/mol. The molecule has 1 aliphatic rings. The number of rotatable bonds is 14. The number of hydrogen-bond donors (Lipinski definition) is 2. The average molecular weight is 598 g/mol. The summed E-state index contributed by atoms with van der Waals surface area (Å²) in [5.74, 6) is 1.45. The van der Waals surface area contributed by atoms with Crippen molar-refractivity contribution in [1.29, 1.82) is 0 Å². The average Bonchev–Trinajstić information content (AvgIpc) is 3.35. The van der Waals surface area contributed by atoms with Gasteiger partial charge < -0.3 is 24.6 Å². The highest BCUT2D eigenvalue weighted by molar-refractivity contribution is 6.35. The van der Waals surface area contributed by atoms with Gasteiger partial charge in [-0.25, -0.2) is 4.99 Å². The normalized spacial score (nSPS) is 17.9. The number of ether oxygens (including phenoxy) is 3. The van der Waals surface area contributed by atoms with Crippen molar-refractivity contribution in [2.45, 2.75) is 37.8 Å². The summed E-state index contributed by atoms with van der Waals surface area (Å²) in [5.41, 5.74) is 0.916. The van der Waals surface area contributed by atoms with E-state index < -0.39 is 11.6 Å². The van der Waals surface area contributed by atoms with E-state index in [1.165, 1.54) is 0 Å². The summed E-state index contributed by atoms with van der Waals surface area (Å²) in [5, 5.41) is 12.9. The molecular weight excluding hydrogens is 563 g/mol. The molecule has 7 nitrogen and oxygen atoms in total. The van der Waals surface area contributed by atoms with Crippen LogP contribution in [-0.2, 0) is 16.0 Å². The van der Waals surface area contributed by atoms with Gasteiger partial charge in [-0.1, -0.05) is 53.5 Å². The molecule has 1 aliphatic heterocycles. The van der Waals surface area contributed by atoms with Crippen molar-refractivity contribution in [3.63, 3.8) is 0 Å². The van der Waals surface area contributed by atoms with Crippen LogP contribution in [-0.4, -0.2) is 48.8 Å². The summed E-state index contributed by atoms with van der Waals surface area (Å²) >= 11 is 12.8. The molecule has 4 rings (SSSR count). The third-order valence-electron chi connectivity index (χ3n) is 6.68. The maximum atomic E-state index is 14.0. The van der Waals surface area contributed by atoms with Gasteiger partial charge in [0.2, 0.25) is 5.90 Å². The van der Waals surface area contributed by atoms with Gasteiger partial charge in [0.15, 0.2) is 11.6 Å². The van der Waals surface area contributed by atoms with Gasteiger partial charge >= 0.3 is 0 Å². The van der Waals surface area contributed by atoms with Crippen molar-refractivity contribution in [3.05, 3.63) is 106 Å². The van der Waals surface area contributed by atoms with Gasteiger partial charge in [-0.2, -0.15) is 0 Å². The Hall–Kier alpha value is -3.52. The van der Waals surface area contributed by atoms with Crippen LogP contribution in [0.3, 0.4) is 0 Å². The van der Waals surface area contributed by atoms with Crippen LogP contribution in [0.4, 0.5) is 0 Å². The minimum absolute atomic E-state index is 0.0594. The van der Waals surface area contributed by atoms with E-state index in [1.54, 1.807) is 36.4 Å². The Kier molecular flexibility index (Phi) is 10.7. The van der Waals surface area contributed by atoms with E-state index in [2.05, 4.69) is 11.9 Å². The zero-order valence-corrected chi connectivity index (χ0v) is 24.5. The maximum absolute atomic E-state index is 14.0. The predicted octanol–water partition coefficient (Wildman–Crippen LogP) is 6.35. The van der Waals surface area contributed by atoms with Crippen LogP contribution in [0.1, 0.15) is 42.6 Å². The lowest BCUT2D eigenvalue weighted by molar-refractivity contribution is -0.128. The van der Waals surface area contributed by atoms with Crippen LogP contribution in [0.15, 0.2) is 84.4 Å². The summed E-state index contributed by atoms with van der Waals surface area (Å²) < 4.78 is 17.8. The minimum atomic E-state index is -1.36. The second kappa shape index (κ2) is 14.4. The molecule has 2 atom stereocenters. The van der Waals surface area contributed by atoms with E-state index in [9.17, 15) is 4.79 Å². The fourth-order valence-electron chi connectivity index (χ4n) is 4.70. The number of aliphatic hydroxyl groups excluding tert-OH is 1. The second-order valence-corrected chi connectivity index (χ2v) is 10.3. The molecule has 9 heteroatoms. The first kappa shape index (κ1) is 30.4. The van der Waals surface area contributed by atoms with Crippen molar-refractivity contribution in [3.8, 4) is 11.5 Å². The molecule has 1 amide bonds. The van der Waals surface area contributed by atoms with Gasteiger partial charge in [0.05, 0.1) is 13.2 Å². The van der Waals surface area contributed by atoms with Crippen molar-refractivity contribution in [1.82, 2.24) is 5.32 Å². The Morgan fingerprint density at radius 2 is 1.93 bits per heavy atom. The third kappa shape index (κ3) is 7.22. The fourth-order valence-corrected chi connectivity index (χ4v) is 5.20. The molecule has 2 N–H and O–H groups in total. The van der Waals surface area contributed by atoms with Gasteiger partial charge in [0, 0.05) is 47.2 Å². The van der Waals surface area contributed by atoms with E-state index in [4.69, 9.17) is 47.5 Å². The van der Waals surface area contributed by atoms with Crippen molar-refractivity contribution >= 4 is 35.0 Å². The first-order valence-electron chi connectivity index (χ1n) is 13.6. The van der Waals surface area contributed by atoms with Gasteiger partial charge in [0.25, 0.3) is 5.91 Å². The second-order valence-electron chi connectivity index (χ2n) is 9.49. The quantitative estimate of drug-likeness (QED) is 0.167. The van der Waals surface area contributed by atoms with Crippen LogP contribution < -0.4 is 14.8 Å². The third-order valence-corrected chi connectivity index (χ3v) is 7.25. The molecule has 0 spiro atoms. The molecule has 0 aromatic heterocycles. The van der Waals surface area contributed by atoms with Crippen LogP contribution in [0.25, 0.3) is 0 Å². The Morgan fingerprint density at radius 1 is 1.15 bits per heavy atom. The van der Waals surface area contributed by atoms with Gasteiger partial charge in [0.1, 0.15) is 11.5 Å². The zero-order chi connectivity index (χ0) is 29.2. The molecule has 0 fully saturated rings. The number of aliphatic imine (C=N–C) groups is 1. The van der Waals surface area contributed by atoms with E-state index in [0.717, 1.165) is 11.3 Å². The van der Waals surface area contributed by atoms with Crippen LogP contribution in [0.5, 0.6) is 11.5 Å². The van der Waals surface area contributed by atoms with Gasteiger partial charge in [-0.3, -0.25) is 4.79 Å². The van der Waals surface area contributed by atoms with Gasteiger partial charge in [-0.15, -0.1) is 6.58 Å². The molecule has 1 heterocycles. The van der Waals surface area contributed by atoms with Crippen molar-refractivity contribution in [2.75, 3.05) is 26.4 Å². The van der Waals surface area contributed by atoms with E-state index >= 15 is 0 Å². The number of carbonyl (C=O) groups is 1. The number of amides is 1. The fraction of sp³-hybridized carbons (Fsp3) is 0.312. The monoisotopic (exact) mass is 596 g/mol. The first-order chi connectivity index (χ1) is 19.9. The lowest BCUT2D eigenvalue weighted by Gasteiger charge is -2.30. The SMILES string of the molecule is C=CC[C@@]1(C(=O)NCCc2ccccc2OCC)N=C(c2ccc(OCCCO)cc2)O[C@@H]1c1ccc(Cl)cc1Cl. The highest BCUT2D eigenvalue weighted by atomic mass is 35.5. The number of hydrogen-bond acceptors (Lipinski definition) is 6. The van der Waals surface area contributed by atoms with Crippen LogP contribution in [0.2, 0.25) is 10.0 Å². The van der Waals surface area contributed by atoms with E-state index in [-0.39, 0.29) is 18.9 Å². The Balaban J connectivity index is 1.64. The van der Waals surface area contributed by atoms with Crippen LogP contribution in [0, 0.1) is 0 Å². The molecule has 0 aliphatic carbocycles. The molecular formula is C32H34Cl2N2O5. The summed E-state index contributed by atoms with van der Waals surface area (Å²) in [4.78, 5) is 18.9. The molecule has 0 saturated heterocycles. The number of aliphatic hydroxyl groups is 1. The molecule has 3 aromatic rings. The minimum Gasteiger partial charge on any atom is -0.494 e. The van der Waals surface area contributed by atoms with Gasteiger partial charge in [-0.05, 0) is 61.4 Å². The molecule has 0 unspecified atom stereocenters. The standard InChI is InChI=1S/C32H34Cl2N2O5/c1-3-17-32(31(38)35-18-16-22-8-5-6-9-28(22)39-4-2)29(26-15-12-24(33)21-27(26)34)41-30(36-32)23-10-13-25(14-11-23)40-20-7-19-37/h3,5-6,8-15,21,29,37H,1,4,7,16-20H2,2H3,(H,35,38)/t29-,32-/m1/s1. The Morgan fingerprint density at radius 3 is 2.63 bits per heavy atom. The van der Waals surface area contributed by atoms with Crippen LogP contribution >= 0.6 is 23.2 Å². The molecule has 0 saturated carbocycles. The summed E-state index contributed by atoms with van der Waals surface area (Å²) in [6, 6.07) is 20.1. The molecule has 0 bridgehead atoms. The Bertz CT molecular complexity index is 1380. The topological polar surface area (TPSA) is 89.4 Å². The summed E-state index contributed by atoms with van der Waals surface area (Å²) in [7, 11) is 0. The number of benzene rings is 3. The molecule has 41 heavy (non-hydrogen) atoms. The first-order valence-corrected chi connectivity index (χ1v) is 14.3. The number of nitrogens with one attached hydrogen (secondary N) is 1. The molecule has 0 radical (unpaired) electrons. The summed E-state index contributed by atoms with van der Waals surface area (Å²) in [6.07, 6.45) is 2.17.